The van der Waals surface area contributed by atoms with Gasteiger partial charge in [-0.05, 0) is 56.4 Å². The predicted octanol–water partition coefficient (Wildman–Crippen LogP) is 0.892. The van der Waals surface area contributed by atoms with Crippen LogP contribution in [0.15, 0.2) is 23.3 Å². The van der Waals surface area contributed by atoms with Crippen molar-refractivity contribution in [2.75, 3.05) is 6.61 Å². The Kier molecular flexibility index (Phi) is 5.68. The summed E-state index contributed by atoms with van der Waals surface area (Å²) in [5.74, 6) is -3.33. The molecule has 10 nitrogen and oxygen atoms in total. The minimum Gasteiger partial charge on any atom is -0.458 e. The van der Waals surface area contributed by atoms with Gasteiger partial charge in [0.25, 0.3) is 0 Å². The maximum atomic E-state index is 13.1. The number of rotatable bonds is 2. The van der Waals surface area contributed by atoms with Crippen LogP contribution in [0.3, 0.4) is 0 Å². The van der Waals surface area contributed by atoms with Crippen molar-refractivity contribution < 1.29 is 49.0 Å². The van der Waals surface area contributed by atoms with Gasteiger partial charge in [0, 0.05) is 30.3 Å². The number of aliphatic hydroxyl groups is 4. The first kappa shape index (κ1) is 26.3. The first-order chi connectivity index (χ1) is 18.4. The Bertz CT molecular complexity index is 1150. The van der Waals surface area contributed by atoms with E-state index in [0.29, 0.717) is 25.7 Å². The van der Waals surface area contributed by atoms with Crippen LogP contribution in [0.2, 0.25) is 0 Å². The molecule has 3 saturated carbocycles. The molecule has 0 amide bonds. The minimum absolute atomic E-state index is 0.126. The van der Waals surface area contributed by atoms with Crippen molar-refractivity contribution in [1.82, 2.24) is 0 Å². The zero-order valence-electron chi connectivity index (χ0n) is 22.3. The van der Waals surface area contributed by atoms with Gasteiger partial charge in [0.1, 0.15) is 19.0 Å². The molecule has 4 aliphatic carbocycles. The molecule has 2 saturated heterocycles. The number of hydrogen-bond acceptors (Lipinski definition) is 10. The third-order valence-electron chi connectivity index (χ3n) is 11.6. The number of hydrogen-bond donors (Lipinski definition) is 4. The fraction of sp³-hybridized carbons (Fsp3) is 0.793. The van der Waals surface area contributed by atoms with Crippen molar-refractivity contribution >= 4 is 12.3 Å². The van der Waals surface area contributed by atoms with Crippen LogP contribution < -0.4 is 0 Å². The Morgan fingerprint density at radius 1 is 1.10 bits per heavy atom. The second-order valence-corrected chi connectivity index (χ2v) is 13.3. The van der Waals surface area contributed by atoms with Crippen LogP contribution in [-0.2, 0) is 28.5 Å². The molecule has 0 spiro atoms. The fourth-order valence-electron chi connectivity index (χ4n) is 9.70. The van der Waals surface area contributed by atoms with Gasteiger partial charge in [0.05, 0.1) is 35.4 Å². The van der Waals surface area contributed by atoms with Crippen molar-refractivity contribution in [3.05, 3.63) is 23.3 Å². The molecular weight excluding hydrogens is 508 g/mol. The zero-order chi connectivity index (χ0) is 27.5. The largest absolute Gasteiger partial charge is 0.458 e. The molecule has 0 aromatic rings. The van der Waals surface area contributed by atoms with E-state index in [0.717, 1.165) is 17.4 Å². The van der Waals surface area contributed by atoms with E-state index in [4.69, 9.17) is 18.9 Å². The third-order valence-corrected chi connectivity index (χ3v) is 11.6. The van der Waals surface area contributed by atoms with Crippen molar-refractivity contribution in [2.24, 2.45) is 28.6 Å². The monoisotopic (exact) mass is 546 g/mol. The summed E-state index contributed by atoms with van der Waals surface area (Å²) in [6, 6.07) is 0. The molecular formula is C29H38O10. The lowest BCUT2D eigenvalue weighted by atomic mass is 9.45. The molecule has 10 heteroatoms. The molecule has 0 aromatic heterocycles. The molecule has 5 fully saturated rings. The summed E-state index contributed by atoms with van der Waals surface area (Å²) in [5, 5.41) is 45.6. The second kappa shape index (κ2) is 8.44. The lowest BCUT2D eigenvalue weighted by Gasteiger charge is -2.62. The number of carbonyl (C=O) groups excluding carboxylic acids is 2. The van der Waals surface area contributed by atoms with Crippen LogP contribution >= 0.6 is 0 Å². The molecule has 3 aliphatic heterocycles. The van der Waals surface area contributed by atoms with Crippen LogP contribution in [0.5, 0.6) is 0 Å². The third kappa shape index (κ3) is 3.34. The summed E-state index contributed by atoms with van der Waals surface area (Å²) in [6.07, 6.45) is 2.81. The summed E-state index contributed by atoms with van der Waals surface area (Å²) in [4.78, 5) is 24.9. The SMILES string of the molecule is CC1CC(O)C2(O)OC3CC4(C=O)C(=CCC5C4CCC4(C)C(C6=CC(=O)OC6)C(O)CC54O)CC3OC2O1. The molecule has 4 N–H and O–H groups in total. The lowest BCUT2D eigenvalue weighted by Crippen LogP contribution is -2.70. The van der Waals surface area contributed by atoms with E-state index in [9.17, 15) is 30.0 Å². The van der Waals surface area contributed by atoms with Gasteiger partial charge in [-0.3, -0.25) is 0 Å². The first-order valence-electron chi connectivity index (χ1n) is 14.3. The molecule has 0 aromatic carbocycles. The van der Waals surface area contributed by atoms with Gasteiger partial charge < -0.3 is 44.2 Å². The van der Waals surface area contributed by atoms with Gasteiger partial charge in [-0.1, -0.05) is 18.6 Å². The smallest absolute Gasteiger partial charge is 0.331 e. The highest BCUT2D eigenvalue weighted by Gasteiger charge is 2.71. The van der Waals surface area contributed by atoms with Crippen LogP contribution in [0, 0.1) is 28.6 Å². The van der Waals surface area contributed by atoms with Crippen molar-refractivity contribution in [3.63, 3.8) is 0 Å². The van der Waals surface area contributed by atoms with Crippen LogP contribution in [0.4, 0.5) is 0 Å². The Balaban J connectivity index is 1.22. The number of ether oxygens (including phenoxy) is 4. The Labute approximate surface area is 226 Å². The number of carbonyl (C=O) groups is 2. The number of esters is 1. The summed E-state index contributed by atoms with van der Waals surface area (Å²) in [6.45, 7) is 3.93. The molecule has 0 radical (unpaired) electrons. The summed E-state index contributed by atoms with van der Waals surface area (Å²) >= 11 is 0. The maximum absolute atomic E-state index is 13.1. The molecule has 13 atom stereocenters. The number of aldehydes is 1. The van der Waals surface area contributed by atoms with E-state index in [1.54, 1.807) is 6.92 Å². The molecule has 13 unspecified atom stereocenters. The van der Waals surface area contributed by atoms with E-state index in [1.165, 1.54) is 6.08 Å². The summed E-state index contributed by atoms with van der Waals surface area (Å²) in [5.41, 5.74) is -1.18. The predicted molar refractivity (Wildman–Crippen MR) is 133 cm³/mol. The highest BCUT2D eigenvalue weighted by Crippen LogP contribution is 2.69. The van der Waals surface area contributed by atoms with Crippen LogP contribution in [-0.4, -0.2) is 87.5 Å². The zero-order valence-corrected chi connectivity index (χ0v) is 22.3. The number of cyclic esters (lactones) is 1. The molecule has 3 heterocycles. The topological polar surface area (TPSA) is 152 Å². The van der Waals surface area contributed by atoms with E-state index >= 15 is 0 Å². The van der Waals surface area contributed by atoms with Gasteiger partial charge in [-0.2, -0.15) is 0 Å². The van der Waals surface area contributed by atoms with E-state index < -0.39 is 64.8 Å². The Morgan fingerprint density at radius 2 is 1.90 bits per heavy atom. The standard InChI is InChI=1S/C29H38O10/c1-14-7-22(32)29(35)25(37-14)38-20-9-16-3-4-18-17(27(16,13-30)11-21(20)39-29)5-6-26(2)24(15-8-23(33)36-12-15)19(31)10-28(18,26)34/h3,8,13-14,17-22,24-25,31-32,34-35H,4-7,9-12H2,1-2H3. The van der Waals surface area contributed by atoms with Crippen molar-refractivity contribution in [1.29, 1.82) is 0 Å². The average Bonchev–Trinajstić information content (AvgIpc) is 3.38. The quantitative estimate of drug-likeness (QED) is 0.223. The molecule has 7 rings (SSSR count). The van der Waals surface area contributed by atoms with Gasteiger partial charge >= 0.3 is 5.97 Å². The molecule has 0 bridgehead atoms. The second-order valence-electron chi connectivity index (χ2n) is 13.3. The van der Waals surface area contributed by atoms with Gasteiger partial charge in [0.2, 0.25) is 12.1 Å². The normalized spacial score (nSPS) is 56.2. The van der Waals surface area contributed by atoms with E-state index in [-0.39, 0.29) is 43.8 Å². The Morgan fingerprint density at radius 3 is 2.62 bits per heavy atom. The number of fused-ring (bicyclic) bond motifs is 7. The molecule has 7 aliphatic rings. The van der Waals surface area contributed by atoms with Crippen LogP contribution in [0.1, 0.15) is 58.8 Å². The summed E-state index contributed by atoms with van der Waals surface area (Å²) in [7, 11) is 0. The molecule has 214 valence electrons. The van der Waals surface area contributed by atoms with Gasteiger partial charge in [-0.25, -0.2) is 4.79 Å². The molecule has 39 heavy (non-hydrogen) atoms. The Hall–Kier alpha value is -1.66. The first-order valence-corrected chi connectivity index (χ1v) is 14.3. The highest BCUT2D eigenvalue weighted by atomic mass is 16.8. The van der Waals surface area contributed by atoms with Gasteiger partial charge in [0.15, 0.2) is 0 Å². The van der Waals surface area contributed by atoms with E-state index in [2.05, 4.69) is 6.08 Å². The lowest BCUT2D eigenvalue weighted by molar-refractivity contribution is -0.453. The number of allylic oxidation sites excluding steroid dienone is 1. The highest BCUT2D eigenvalue weighted by molar-refractivity contribution is 5.85. The average molecular weight is 547 g/mol. The van der Waals surface area contributed by atoms with Gasteiger partial charge in [-0.15, -0.1) is 0 Å². The maximum Gasteiger partial charge on any atom is 0.331 e. The van der Waals surface area contributed by atoms with E-state index in [1.807, 2.05) is 6.92 Å². The fourth-order valence-corrected chi connectivity index (χ4v) is 9.70. The minimum atomic E-state index is -2.02. The number of aliphatic hydroxyl groups excluding tert-OH is 2. The van der Waals surface area contributed by atoms with Crippen LogP contribution in [0.25, 0.3) is 0 Å². The van der Waals surface area contributed by atoms with Crippen molar-refractivity contribution in [2.45, 2.75) is 107 Å². The summed E-state index contributed by atoms with van der Waals surface area (Å²) < 4.78 is 23.3. The van der Waals surface area contributed by atoms with Crippen molar-refractivity contribution in [3.8, 4) is 0 Å².